The third-order valence-corrected chi connectivity index (χ3v) is 2.75. The molecule has 1 atom stereocenters. The molecule has 0 aliphatic heterocycles. The second-order valence-electron chi connectivity index (χ2n) is 4.48. The average Bonchev–Trinajstić information content (AvgIpc) is 2.37. The zero-order valence-corrected chi connectivity index (χ0v) is 11.4. The minimum Gasteiger partial charge on any atom is -0.480 e. The lowest BCUT2D eigenvalue weighted by Crippen LogP contribution is -2.36. The molecule has 0 fully saturated rings. The van der Waals surface area contributed by atoms with Crippen molar-refractivity contribution in [2.75, 3.05) is 6.61 Å². The lowest BCUT2D eigenvalue weighted by molar-refractivity contribution is -0.123. The van der Waals surface area contributed by atoms with Gasteiger partial charge in [-0.15, -0.1) is 0 Å². The molecule has 0 saturated carbocycles. The number of nitrogens with two attached hydrogens (primary N) is 1. The maximum absolute atomic E-state index is 13.6. The third-order valence-electron chi connectivity index (χ3n) is 2.75. The van der Waals surface area contributed by atoms with Crippen LogP contribution in [-0.2, 0) is 11.3 Å². The van der Waals surface area contributed by atoms with E-state index in [0.717, 1.165) is 12.8 Å². The molecule has 0 aliphatic carbocycles. The van der Waals surface area contributed by atoms with Crippen LogP contribution in [0.5, 0.6) is 5.75 Å². The fourth-order valence-corrected chi connectivity index (χ4v) is 1.84. The summed E-state index contributed by atoms with van der Waals surface area (Å²) in [7, 11) is 0. The minimum atomic E-state index is -0.502. The zero-order chi connectivity index (χ0) is 14.3. The van der Waals surface area contributed by atoms with Gasteiger partial charge in [0.1, 0.15) is 0 Å². The van der Waals surface area contributed by atoms with Crippen LogP contribution in [0.4, 0.5) is 4.39 Å². The highest BCUT2D eigenvalue weighted by atomic mass is 19.1. The molecule has 0 aromatic heterocycles. The van der Waals surface area contributed by atoms with Crippen molar-refractivity contribution >= 4 is 5.91 Å². The lowest BCUT2D eigenvalue weighted by atomic mass is 10.2. The van der Waals surface area contributed by atoms with Gasteiger partial charge in [0, 0.05) is 18.2 Å². The van der Waals surface area contributed by atoms with Gasteiger partial charge in [0.15, 0.2) is 18.2 Å². The van der Waals surface area contributed by atoms with Crippen LogP contribution in [0, 0.1) is 5.82 Å². The van der Waals surface area contributed by atoms with Crippen LogP contribution in [-0.4, -0.2) is 18.6 Å². The Morgan fingerprint density at radius 3 is 2.89 bits per heavy atom. The van der Waals surface area contributed by atoms with Crippen molar-refractivity contribution in [3.63, 3.8) is 0 Å². The molecule has 1 amide bonds. The van der Waals surface area contributed by atoms with E-state index in [1.54, 1.807) is 12.1 Å². The fourth-order valence-electron chi connectivity index (χ4n) is 1.84. The fraction of sp³-hybridized carbons (Fsp3) is 0.500. The molecule has 4 nitrogen and oxygen atoms in total. The summed E-state index contributed by atoms with van der Waals surface area (Å²) in [6.45, 7) is 3.94. The molecule has 0 aliphatic rings. The van der Waals surface area contributed by atoms with Crippen LogP contribution in [0.15, 0.2) is 18.2 Å². The SMILES string of the molecule is CCCC(C)NC(=O)COc1c(F)cccc1CN. The van der Waals surface area contributed by atoms with Crippen molar-refractivity contribution < 1.29 is 13.9 Å². The second kappa shape index (κ2) is 7.74. The second-order valence-corrected chi connectivity index (χ2v) is 4.48. The number of halogens is 1. The Labute approximate surface area is 113 Å². The summed E-state index contributed by atoms with van der Waals surface area (Å²) in [5.41, 5.74) is 6.05. The average molecular weight is 268 g/mol. The highest BCUT2D eigenvalue weighted by Crippen LogP contribution is 2.21. The summed E-state index contributed by atoms with van der Waals surface area (Å²) in [5.74, 6) is -0.701. The van der Waals surface area contributed by atoms with Crippen molar-refractivity contribution in [2.45, 2.75) is 39.3 Å². The first-order chi connectivity index (χ1) is 9.08. The molecule has 106 valence electrons. The Kier molecular flexibility index (Phi) is 6.29. The van der Waals surface area contributed by atoms with Crippen LogP contribution >= 0.6 is 0 Å². The van der Waals surface area contributed by atoms with E-state index in [4.69, 9.17) is 10.5 Å². The van der Waals surface area contributed by atoms with Gasteiger partial charge < -0.3 is 15.8 Å². The van der Waals surface area contributed by atoms with Gasteiger partial charge in [-0.25, -0.2) is 4.39 Å². The Morgan fingerprint density at radius 1 is 1.53 bits per heavy atom. The molecule has 1 aromatic carbocycles. The third kappa shape index (κ3) is 4.87. The molecule has 3 N–H and O–H groups in total. The van der Waals surface area contributed by atoms with Crippen molar-refractivity contribution in [2.24, 2.45) is 5.73 Å². The van der Waals surface area contributed by atoms with Gasteiger partial charge in [0.2, 0.25) is 0 Å². The standard InChI is InChI=1S/C14H21FN2O2/c1-3-5-10(2)17-13(18)9-19-14-11(8-16)6-4-7-12(14)15/h4,6-7,10H,3,5,8-9,16H2,1-2H3,(H,17,18). The number of nitrogens with one attached hydrogen (secondary N) is 1. The molecule has 19 heavy (non-hydrogen) atoms. The van der Waals surface area contributed by atoms with Crippen LogP contribution in [0.1, 0.15) is 32.3 Å². The van der Waals surface area contributed by atoms with Crippen LogP contribution in [0.3, 0.4) is 0 Å². The van der Waals surface area contributed by atoms with Gasteiger partial charge in [-0.05, 0) is 19.4 Å². The number of ether oxygens (including phenoxy) is 1. The van der Waals surface area contributed by atoms with Gasteiger partial charge in [0.05, 0.1) is 0 Å². The van der Waals surface area contributed by atoms with E-state index in [1.165, 1.54) is 6.07 Å². The van der Waals surface area contributed by atoms with Crippen molar-refractivity contribution in [3.05, 3.63) is 29.6 Å². The summed E-state index contributed by atoms with van der Waals surface area (Å²) in [4.78, 5) is 11.6. The van der Waals surface area contributed by atoms with Crippen LogP contribution in [0.2, 0.25) is 0 Å². The van der Waals surface area contributed by atoms with Crippen molar-refractivity contribution in [1.29, 1.82) is 0 Å². The molecule has 0 bridgehead atoms. The van der Waals surface area contributed by atoms with Crippen molar-refractivity contribution in [1.82, 2.24) is 5.32 Å². The van der Waals surface area contributed by atoms with Gasteiger partial charge in [-0.2, -0.15) is 0 Å². The molecular weight excluding hydrogens is 247 g/mol. The summed E-state index contributed by atoms with van der Waals surface area (Å²) < 4.78 is 18.8. The molecule has 1 aromatic rings. The Hall–Kier alpha value is -1.62. The Balaban J connectivity index is 2.55. The normalized spacial score (nSPS) is 12.0. The summed E-state index contributed by atoms with van der Waals surface area (Å²) in [6.07, 6.45) is 1.90. The smallest absolute Gasteiger partial charge is 0.258 e. The monoisotopic (exact) mass is 268 g/mol. The summed E-state index contributed by atoms with van der Waals surface area (Å²) >= 11 is 0. The quantitative estimate of drug-likeness (QED) is 0.794. The zero-order valence-electron chi connectivity index (χ0n) is 11.4. The number of carbonyl (C=O) groups excluding carboxylic acids is 1. The van der Waals surface area contributed by atoms with E-state index in [1.807, 2.05) is 13.8 Å². The molecule has 0 radical (unpaired) electrons. The number of amides is 1. The van der Waals surface area contributed by atoms with Gasteiger partial charge in [0.25, 0.3) is 5.91 Å². The predicted octanol–water partition coefficient (Wildman–Crippen LogP) is 1.97. The first-order valence-electron chi connectivity index (χ1n) is 6.48. The Morgan fingerprint density at radius 2 is 2.26 bits per heavy atom. The van der Waals surface area contributed by atoms with Gasteiger partial charge >= 0.3 is 0 Å². The molecular formula is C14H21FN2O2. The molecule has 5 heteroatoms. The van der Waals surface area contributed by atoms with E-state index in [-0.39, 0.29) is 30.9 Å². The molecule has 0 saturated heterocycles. The topological polar surface area (TPSA) is 64.3 Å². The van der Waals surface area contributed by atoms with E-state index >= 15 is 0 Å². The first kappa shape index (κ1) is 15.4. The van der Waals surface area contributed by atoms with Gasteiger partial charge in [-0.1, -0.05) is 25.5 Å². The molecule has 1 rings (SSSR count). The summed E-state index contributed by atoms with van der Waals surface area (Å²) in [6, 6.07) is 4.62. The predicted molar refractivity (Wildman–Crippen MR) is 72.3 cm³/mol. The minimum absolute atomic E-state index is 0.0586. The number of benzene rings is 1. The lowest BCUT2D eigenvalue weighted by Gasteiger charge is -2.14. The largest absolute Gasteiger partial charge is 0.480 e. The molecule has 0 spiro atoms. The van der Waals surface area contributed by atoms with E-state index in [2.05, 4.69) is 5.32 Å². The number of rotatable bonds is 7. The van der Waals surface area contributed by atoms with E-state index < -0.39 is 5.82 Å². The Bertz CT molecular complexity index is 424. The first-order valence-corrected chi connectivity index (χ1v) is 6.48. The van der Waals surface area contributed by atoms with Crippen molar-refractivity contribution in [3.8, 4) is 5.75 Å². The van der Waals surface area contributed by atoms with Gasteiger partial charge in [-0.3, -0.25) is 4.79 Å². The molecule has 0 heterocycles. The van der Waals surface area contributed by atoms with Crippen LogP contribution in [0.25, 0.3) is 0 Å². The molecule has 1 unspecified atom stereocenters. The number of hydrogen-bond donors (Lipinski definition) is 2. The van der Waals surface area contributed by atoms with E-state index in [0.29, 0.717) is 5.56 Å². The highest BCUT2D eigenvalue weighted by Gasteiger charge is 2.12. The number of para-hydroxylation sites is 1. The van der Waals surface area contributed by atoms with Crippen LogP contribution < -0.4 is 15.8 Å². The van der Waals surface area contributed by atoms with E-state index in [9.17, 15) is 9.18 Å². The number of hydrogen-bond acceptors (Lipinski definition) is 3. The maximum Gasteiger partial charge on any atom is 0.258 e. The highest BCUT2D eigenvalue weighted by molar-refractivity contribution is 5.77. The number of carbonyl (C=O) groups is 1. The summed E-state index contributed by atoms with van der Waals surface area (Å²) in [5, 5.41) is 2.79. The maximum atomic E-state index is 13.6.